The van der Waals surface area contributed by atoms with Crippen LogP contribution in [0.25, 0.3) is 0 Å². The van der Waals surface area contributed by atoms with Crippen molar-refractivity contribution in [1.29, 1.82) is 0 Å². The fourth-order valence-corrected chi connectivity index (χ4v) is 2.08. The van der Waals surface area contributed by atoms with Crippen molar-refractivity contribution in [3.63, 3.8) is 0 Å². The Balaban J connectivity index is 2.47. The Hall–Kier alpha value is -1.83. The molecule has 2 aromatic rings. The first kappa shape index (κ1) is 13.6. The van der Waals surface area contributed by atoms with E-state index in [0.717, 1.165) is 6.07 Å². The average Bonchev–Trinajstić information content (AvgIpc) is 2.41. The number of hydrogen-bond acceptors (Lipinski definition) is 3. The summed E-state index contributed by atoms with van der Waals surface area (Å²) in [5.41, 5.74) is -0.195. The second-order valence-corrected chi connectivity index (χ2v) is 5.01. The van der Waals surface area contributed by atoms with E-state index in [4.69, 9.17) is 0 Å². The van der Waals surface area contributed by atoms with Gasteiger partial charge in [0.2, 0.25) is 0 Å². The van der Waals surface area contributed by atoms with E-state index < -0.39 is 16.5 Å². The van der Waals surface area contributed by atoms with Crippen LogP contribution < -0.4 is 0 Å². The molecule has 0 heterocycles. The first-order valence-electron chi connectivity index (χ1n) is 5.23. The highest BCUT2D eigenvalue weighted by molar-refractivity contribution is 14.1. The predicted octanol–water partition coefficient (Wildman–Crippen LogP) is 3.57. The Labute approximate surface area is 121 Å². The molecule has 0 fully saturated rings. The maximum Gasteiger partial charge on any atom is 0.270 e. The van der Waals surface area contributed by atoms with Crippen LogP contribution in [-0.4, -0.2) is 10.7 Å². The average molecular weight is 371 g/mol. The van der Waals surface area contributed by atoms with Crippen LogP contribution in [0.3, 0.4) is 0 Å². The third-order valence-electron chi connectivity index (χ3n) is 2.49. The summed E-state index contributed by atoms with van der Waals surface area (Å²) < 4.78 is 14.3. The minimum absolute atomic E-state index is 0.0904. The van der Waals surface area contributed by atoms with Gasteiger partial charge in [-0.25, -0.2) is 4.39 Å². The standard InChI is InChI=1S/C13H7FINO3/c14-12-5-4-9(15)7-11(12)13(17)8-2-1-3-10(6-8)16(18)19/h1-7H. The van der Waals surface area contributed by atoms with E-state index in [1.54, 1.807) is 6.07 Å². The van der Waals surface area contributed by atoms with Gasteiger partial charge in [-0.2, -0.15) is 0 Å². The summed E-state index contributed by atoms with van der Waals surface area (Å²) >= 11 is 1.97. The maximum atomic E-state index is 13.6. The first-order chi connectivity index (χ1) is 8.99. The maximum absolute atomic E-state index is 13.6. The number of ketones is 1. The van der Waals surface area contributed by atoms with Gasteiger partial charge in [0.15, 0.2) is 5.78 Å². The highest BCUT2D eigenvalue weighted by Crippen LogP contribution is 2.19. The molecule has 2 aromatic carbocycles. The van der Waals surface area contributed by atoms with E-state index in [-0.39, 0.29) is 16.8 Å². The van der Waals surface area contributed by atoms with Crippen molar-refractivity contribution < 1.29 is 14.1 Å². The van der Waals surface area contributed by atoms with Crippen LogP contribution in [0.4, 0.5) is 10.1 Å². The van der Waals surface area contributed by atoms with Crippen molar-refractivity contribution >= 4 is 34.1 Å². The lowest BCUT2D eigenvalue weighted by molar-refractivity contribution is -0.384. The minimum Gasteiger partial charge on any atom is -0.288 e. The van der Waals surface area contributed by atoms with Crippen LogP contribution in [0, 0.1) is 19.5 Å². The van der Waals surface area contributed by atoms with E-state index in [1.807, 2.05) is 22.6 Å². The molecular formula is C13H7FINO3. The van der Waals surface area contributed by atoms with Crippen LogP contribution in [0.15, 0.2) is 42.5 Å². The molecule has 6 heteroatoms. The van der Waals surface area contributed by atoms with Gasteiger partial charge in [0.25, 0.3) is 5.69 Å². The molecule has 0 N–H and O–H groups in total. The molecule has 4 nitrogen and oxygen atoms in total. The number of nitro benzene ring substituents is 1. The molecule has 96 valence electrons. The number of benzene rings is 2. The van der Waals surface area contributed by atoms with Crippen molar-refractivity contribution in [3.8, 4) is 0 Å². The molecule has 0 saturated carbocycles. The SMILES string of the molecule is O=C(c1cccc([N+](=O)[O-])c1)c1cc(I)ccc1F. The molecule has 19 heavy (non-hydrogen) atoms. The molecule has 0 bridgehead atoms. The number of nitrogens with zero attached hydrogens (tertiary/aromatic N) is 1. The summed E-state index contributed by atoms with van der Waals surface area (Å²) in [5.74, 6) is -1.21. The summed E-state index contributed by atoms with van der Waals surface area (Å²) in [6.45, 7) is 0. The van der Waals surface area contributed by atoms with Crippen molar-refractivity contribution in [2.75, 3.05) is 0 Å². The summed E-state index contributed by atoms with van der Waals surface area (Å²) in [7, 11) is 0. The third kappa shape index (κ3) is 2.95. The zero-order valence-corrected chi connectivity index (χ0v) is 11.6. The summed E-state index contributed by atoms with van der Waals surface area (Å²) in [6, 6.07) is 9.40. The molecule has 0 radical (unpaired) electrons. The molecule has 0 aromatic heterocycles. The second kappa shape index (κ2) is 5.43. The zero-order valence-electron chi connectivity index (χ0n) is 9.47. The number of non-ortho nitro benzene ring substituents is 1. The van der Waals surface area contributed by atoms with Crippen LogP contribution in [-0.2, 0) is 0 Å². The van der Waals surface area contributed by atoms with Gasteiger partial charge in [0.1, 0.15) is 5.82 Å². The van der Waals surface area contributed by atoms with Gasteiger partial charge in [-0.3, -0.25) is 14.9 Å². The number of hydrogen-bond donors (Lipinski definition) is 0. The van der Waals surface area contributed by atoms with Gasteiger partial charge in [0, 0.05) is 21.3 Å². The smallest absolute Gasteiger partial charge is 0.270 e. The van der Waals surface area contributed by atoms with Crippen LogP contribution in [0.5, 0.6) is 0 Å². The molecular weight excluding hydrogens is 364 g/mol. The lowest BCUT2D eigenvalue weighted by Gasteiger charge is -2.03. The normalized spacial score (nSPS) is 10.2. The summed E-state index contributed by atoms with van der Waals surface area (Å²) in [4.78, 5) is 22.2. The topological polar surface area (TPSA) is 60.2 Å². The number of carbonyl (C=O) groups excluding carboxylic acids is 1. The third-order valence-corrected chi connectivity index (χ3v) is 3.16. The van der Waals surface area contributed by atoms with Crippen molar-refractivity contribution in [2.24, 2.45) is 0 Å². The highest BCUT2D eigenvalue weighted by atomic mass is 127. The predicted molar refractivity (Wildman–Crippen MR) is 75.6 cm³/mol. The zero-order chi connectivity index (χ0) is 14.0. The van der Waals surface area contributed by atoms with E-state index in [2.05, 4.69) is 0 Å². The van der Waals surface area contributed by atoms with E-state index >= 15 is 0 Å². The van der Waals surface area contributed by atoms with Crippen molar-refractivity contribution in [2.45, 2.75) is 0 Å². The molecule has 0 aliphatic rings. The monoisotopic (exact) mass is 371 g/mol. The second-order valence-electron chi connectivity index (χ2n) is 3.76. The van der Waals surface area contributed by atoms with E-state index in [0.29, 0.717) is 3.57 Å². The molecule has 0 unspecified atom stereocenters. The molecule has 0 spiro atoms. The lowest BCUT2D eigenvalue weighted by Crippen LogP contribution is -2.05. The Morgan fingerprint density at radius 1 is 1.21 bits per heavy atom. The Morgan fingerprint density at radius 2 is 1.95 bits per heavy atom. The van der Waals surface area contributed by atoms with Gasteiger partial charge in [-0.1, -0.05) is 12.1 Å². The molecule has 0 aliphatic carbocycles. The molecule has 0 saturated heterocycles. The fraction of sp³-hybridized carbons (Fsp3) is 0. The van der Waals surface area contributed by atoms with E-state index in [9.17, 15) is 19.3 Å². The number of nitro groups is 1. The van der Waals surface area contributed by atoms with Gasteiger partial charge in [-0.15, -0.1) is 0 Å². The van der Waals surface area contributed by atoms with Gasteiger partial charge >= 0.3 is 0 Å². The van der Waals surface area contributed by atoms with Crippen LogP contribution in [0.1, 0.15) is 15.9 Å². The Kier molecular flexibility index (Phi) is 3.89. The quantitative estimate of drug-likeness (QED) is 0.359. The lowest BCUT2D eigenvalue weighted by atomic mass is 10.0. The highest BCUT2D eigenvalue weighted by Gasteiger charge is 2.16. The summed E-state index contributed by atoms with van der Waals surface area (Å²) in [6.07, 6.45) is 0. The van der Waals surface area contributed by atoms with Gasteiger partial charge in [-0.05, 0) is 40.8 Å². The fourth-order valence-electron chi connectivity index (χ4n) is 1.59. The molecule has 2 rings (SSSR count). The van der Waals surface area contributed by atoms with Crippen LogP contribution in [0.2, 0.25) is 0 Å². The molecule has 0 aliphatic heterocycles. The first-order valence-corrected chi connectivity index (χ1v) is 6.31. The molecule has 0 amide bonds. The largest absolute Gasteiger partial charge is 0.288 e. The van der Waals surface area contributed by atoms with Gasteiger partial charge in [0.05, 0.1) is 10.5 Å². The van der Waals surface area contributed by atoms with Gasteiger partial charge < -0.3 is 0 Å². The van der Waals surface area contributed by atoms with Crippen LogP contribution >= 0.6 is 22.6 Å². The molecule has 0 atom stereocenters. The Morgan fingerprint density at radius 3 is 2.63 bits per heavy atom. The van der Waals surface area contributed by atoms with Crippen molar-refractivity contribution in [1.82, 2.24) is 0 Å². The minimum atomic E-state index is -0.642. The number of rotatable bonds is 3. The van der Waals surface area contributed by atoms with Crippen molar-refractivity contribution in [3.05, 3.63) is 73.1 Å². The Bertz CT molecular complexity index is 673. The number of halogens is 2. The van der Waals surface area contributed by atoms with E-state index in [1.165, 1.54) is 30.3 Å². The number of carbonyl (C=O) groups is 1. The summed E-state index contributed by atoms with van der Waals surface area (Å²) in [5, 5.41) is 10.7.